The predicted octanol–water partition coefficient (Wildman–Crippen LogP) is 2.20. The van der Waals surface area contributed by atoms with E-state index in [0.29, 0.717) is 12.0 Å². The van der Waals surface area contributed by atoms with Gasteiger partial charge in [-0.3, -0.25) is 4.79 Å². The molecule has 1 aliphatic rings. The van der Waals surface area contributed by atoms with Crippen molar-refractivity contribution in [3.8, 4) is 11.1 Å². The van der Waals surface area contributed by atoms with E-state index in [4.69, 9.17) is 4.74 Å². The molecule has 0 bridgehead atoms. The van der Waals surface area contributed by atoms with Crippen molar-refractivity contribution in [2.75, 3.05) is 18.1 Å². The van der Waals surface area contributed by atoms with Crippen molar-refractivity contribution in [1.82, 2.24) is 5.32 Å². The van der Waals surface area contributed by atoms with E-state index in [1.54, 1.807) is 19.1 Å². The Bertz CT molecular complexity index is 955. The van der Waals surface area contributed by atoms with Crippen molar-refractivity contribution < 1.29 is 22.7 Å². The van der Waals surface area contributed by atoms with Gasteiger partial charge in [0.25, 0.3) is 5.91 Å². The molecule has 3 rings (SSSR count). The van der Waals surface area contributed by atoms with Gasteiger partial charge in [0.15, 0.2) is 16.4 Å². The third-order valence-corrected chi connectivity index (χ3v) is 6.41. The molecule has 7 heteroatoms. The number of sulfone groups is 1. The lowest BCUT2D eigenvalue weighted by molar-refractivity contribution is -0.125. The standard InChI is InChI=1S/C20H21NO5S/c1-20(11-12-27(24,25)14-20)21-18(22)13-26-19(23)17-10-6-5-9-16(17)15-7-3-2-4-8-15/h2-10H,11-14H2,1H3,(H,21,22)/t20-/m0/s1. The second kappa shape index (κ2) is 7.52. The van der Waals surface area contributed by atoms with E-state index < -0.39 is 33.9 Å². The lowest BCUT2D eigenvalue weighted by Gasteiger charge is -2.23. The summed E-state index contributed by atoms with van der Waals surface area (Å²) in [5, 5.41) is 2.67. The number of benzene rings is 2. The van der Waals surface area contributed by atoms with Crippen LogP contribution < -0.4 is 5.32 Å². The molecule has 0 radical (unpaired) electrons. The Morgan fingerprint density at radius 1 is 1.07 bits per heavy atom. The number of ether oxygens (including phenoxy) is 1. The van der Waals surface area contributed by atoms with Crippen molar-refractivity contribution in [1.29, 1.82) is 0 Å². The number of carbonyl (C=O) groups excluding carboxylic acids is 2. The molecule has 2 aromatic carbocycles. The largest absolute Gasteiger partial charge is 0.452 e. The smallest absolute Gasteiger partial charge is 0.339 e. The topological polar surface area (TPSA) is 89.5 Å². The van der Waals surface area contributed by atoms with Gasteiger partial charge in [-0.15, -0.1) is 0 Å². The van der Waals surface area contributed by atoms with Gasteiger partial charge < -0.3 is 10.1 Å². The Labute approximate surface area is 158 Å². The highest BCUT2D eigenvalue weighted by Gasteiger charge is 2.39. The van der Waals surface area contributed by atoms with Crippen LogP contribution in [0.1, 0.15) is 23.7 Å². The molecule has 1 fully saturated rings. The van der Waals surface area contributed by atoms with Crippen molar-refractivity contribution >= 4 is 21.7 Å². The van der Waals surface area contributed by atoms with E-state index in [-0.39, 0.29) is 11.5 Å². The molecule has 0 unspecified atom stereocenters. The third kappa shape index (κ3) is 4.74. The molecule has 0 aliphatic carbocycles. The maximum absolute atomic E-state index is 12.5. The fourth-order valence-electron chi connectivity index (χ4n) is 3.22. The lowest BCUT2D eigenvalue weighted by Crippen LogP contribution is -2.48. The average Bonchev–Trinajstić information content (AvgIpc) is 2.93. The maximum atomic E-state index is 12.5. The highest BCUT2D eigenvalue weighted by molar-refractivity contribution is 7.91. The summed E-state index contributed by atoms with van der Waals surface area (Å²) < 4.78 is 28.4. The van der Waals surface area contributed by atoms with Crippen LogP contribution in [-0.2, 0) is 19.4 Å². The lowest BCUT2D eigenvalue weighted by atomic mass is 10.00. The van der Waals surface area contributed by atoms with Crippen LogP contribution in [0.5, 0.6) is 0 Å². The molecule has 1 heterocycles. The Balaban J connectivity index is 1.64. The van der Waals surface area contributed by atoms with Crippen molar-refractivity contribution in [3.63, 3.8) is 0 Å². The Hall–Kier alpha value is -2.67. The zero-order chi connectivity index (χ0) is 19.5. The summed E-state index contributed by atoms with van der Waals surface area (Å²) in [5.74, 6) is -1.17. The fourth-order valence-corrected chi connectivity index (χ4v) is 5.31. The number of amides is 1. The predicted molar refractivity (Wildman–Crippen MR) is 102 cm³/mol. The van der Waals surface area contributed by atoms with Crippen LogP contribution in [0, 0.1) is 0 Å². The van der Waals surface area contributed by atoms with E-state index in [1.165, 1.54) is 0 Å². The first-order valence-corrected chi connectivity index (χ1v) is 10.4. The summed E-state index contributed by atoms with van der Waals surface area (Å²) in [6, 6.07) is 16.4. The molecule has 1 N–H and O–H groups in total. The van der Waals surface area contributed by atoms with Crippen LogP contribution in [0.25, 0.3) is 11.1 Å². The van der Waals surface area contributed by atoms with Gasteiger partial charge in [-0.2, -0.15) is 0 Å². The SMILES string of the molecule is C[C@]1(NC(=O)COC(=O)c2ccccc2-c2ccccc2)CCS(=O)(=O)C1. The van der Waals surface area contributed by atoms with Crippen LogP contribution in [0.4, 0.5) is 0 Å². The second-order valence-electron chi connectivity index (χ2n) is 6.94. The summed E-state index contributed by atoms with van der Waals surface area (Å²) in [7, 11) is -3.13. The van der Waals surface area contributed by atoms with Crippen LogP contribution in [-0.4, -0.2) is 43.9 Å². The molecule has 27 heavy (non-hydrogen) atoms. The first kappa shape index (κ1) is 19.1. The maximum Gasteiger partial charge on any atom is 0.339 e. The van der Waals surface area contributed by atoms with Gasteiger partial charge in [0.05, 0.1) is 22.6 Å². The van der Waals surface area contributed by atoms with Gasteiger partial charge >= 0.3 is 5.97 Å². The minimum absolute atomic E-state index is 0.0496. The normalized spacial score (nSPS) is 20.8. The van der Waals surface area contributed by atoms with E-state index in [1.807, 2.05) is 42.5 Å². The average molecular weight is 387 g/mol. The van der Waals surface area contributed by atoms with Crippen LogP contribution >= 0.6 is 0 Å². The highest BCUT2D eigenvalue weighted by Crippen LogP contribution is 2.24. The van der Waals surface area contributed by atoms with E-state index in [2.05, 4.69) is 5.32 Å². The molecular weight excluding hydrogens is 366 g/mol. The fraction of sp³-hybridized carbons (Fsp3) is 0.300. The van der Waals surface area contributed by atoms with E-state index >= 15 is 0 Å². The van der Waals surface area contributed by atoms with Crippen molar-refractivity contribution in [2.45, 2.75) is 18.9 Å². The van der Waals surface area contributed by atoms with Crippen LogP contribution in [0.15, 0.2) is 54.6 Å². The minimum Gasteiger partial charge on any atom is -0.452 e. The molecule has 142 valence electrons. The molecular formula is C20H21NO5S. The molecule has 1 saturated heterocycles. The van der Waals surface area contributed by atoms with E-state index in [0.717, 1.165) is 11.1 Å². The van der Waals surface area contributed by atoms with Gasteiger partial charge in [0.2, 0.25) is 0 Å². The van der Waals surface area contributed by atoms with Gasteiger partial charge in [0, 0.05) is 0 Å². The summed E-state index contributed by atoms with van der Waals surface area (Å²) in [6.07, 6.45) is 0.353. The minimum atomic E-state index is -3.13. The summed E-state index contributed by atoms with van der Waals surface area (Å²) >= 11 is 0. The van der Waals surface area contributed by atoms with Crippen molar-refractivity contribution in [2.24, 2.45) is 0 Å². The van der Waals surface area contributed by atoms with Gasteiger partial charge in [-0.1, -0.05) is 48.5 Å². The first-order chi connectivity index (χ1) is 12.8. The van der Waals surface area contributed by atoms with Crippen LogP contribution in [0.3, 0.4) is 0 Å². The molecule has 2 aromatic rings. The zero-order valence-corrected chi connectivity index (χ0v) is 15.8. The van der Waals surface area contributed by atoms with E-state index in [9.17, 15) is 18.0 Å². The molecule has 6 nitrogen and oxygen atoms in total. The molecule has 1 aliphatic heterocycles. The third-order valence-electron chi connectivity index (χ3n) is 4.51. The molecule has 0 saturated carbocycles. The summed E-state index contributed by atoms with van der Waals surface area (Å²) in [6.45, 7) is 1.22. The van der Waals surface area contributed by atoms with Crippen molar-refractivity contribution in [3.05, 3.63) is 60.2 Å². The molecule has 1 amide bonds. The van der Waals surface area contributed by atoms with Gasteiger partial charge in [-0.05, 0) is 30.5 Å². The number of nitrogens with one attached hydrogen (secondary N) is 1. The zero-order valence-electron chi connectivity index (χ0n) is 15.0. The van der Waals surface area contributed by atoms with Crippen LogP contribution in [0.2, 0.25) is 0 Å². The number of rotatable bonds is 5. The Morgan fingerprint density at radius 3 is 2.41 bits per heavy atom. The Kier molecular flexibility index (Phi) is 5.32. The number of carbonyl (C=O) groups is 2. The van der Waals surface area contributed by atoms with Gasteiger partial charge in [0.1, 0.15) is 0 Å². The molecule has 0 spiro atoms. The molecule has 0 aromatic heterocycles. The quantitative estimate of drug-likeness (QED) is 0.795. The number of hydrogen-bond acceptors (Lipinski definition) is 5. The number of hydrogen-bond donors (Lipinski definition) is 1. The highest BCUT2D eigenvalue weighted by atomic mass is 32.2. The Morgan fingerprint density at radius 2 is 1.74 bits per heavy atom. The second-order valence-corrected chi connectivity index (χ2v) is 9.12. The first-order valence-electron chi connectivity index (χ1n) is 8.61. The monoisotopic (exact) mass is 387 g/mol. The summed E-state index contributed by atoms with van der Waals surface area (Å²) in [4.78, 5) is 24.6. The number of esters is 1. The van der Waals surface area contributed by atoms with Gasteiger partial charge in [-0.25, -0.2) is 13.2 Å². The molecule has 1 atom stereocenters. The summed E-state index contributed by atoms with van der Waals surface area (Å²) in [5.41, 5.74) is 1.14.